The van der Waals surface area contributed by atoms with Gasteiger partial charge in [-0.15, -0.1) is 0 Å². The third-order valence-electron chi connectivity index (χ3n) is 5.56. The van der Waals surface area contributed by atoms with Gasteiger partial charge < -0.3 is 14.5 Å². The van der Waals surface area contributed by atoms with Gasteiger partial charge in [-0.25, -0.2) is 19.7 Å². The average molecular weight is 445 g/mol. The Labute approximate surface area is 186 Å². The number of carbonyl (C=O) groups is 2. The summed E-state index contributed by atoms with van der Waals surface area (Å²) in [5.41, 5.74) is 0.443. The lowest BCUT2D eigenvalue weighted by Crippen LogP contribution is -2.42. The zero-order valence-corrected chi connectivity index (χ0v) is 18.2. The first kappa shape index (κ1) is 21.5. The maximum atomic E-state index is 13.0. The number of fused-ring (bicyclic) bond motifs is 1. The van der Waals surface area contributed by atoms with E-state index in [4.69, 9.17) is 16.3 Å². The number of amides is 2. The Morgan fingerprint density at radius 3 is 2.68 bits per heavy atom. The summed E-state index contributed by atoms with van der Waals surface area (Å²) in [5.74, 6) is -0.115. The Morgan fingerprint density at radius 2 is 1.97 bits per heavy atom. The van der Waals surface area contributed by atoms with E-state index in [1.807, 2.05) is 6.92 Å². The molecule has 2 aliphatic heterocycles. The van der Waals surface area contributed by atoms with Gasteiger partial charge in [0.1, 0.15) is 11.5 Å². The lowest BCUT2D eigenvalue weighted by Gasteiger charge is -2.30. The van der Waals surface area contributed by atoms with Crippen LogP contribution in [0.4, 0.5) is 10.6 Å². The van der Waals surface area contributed by atoms with Crippen molar-refractivity contribution in [2.75, 3.05) is 37.6 Å². The molecule has 31 heavy (non-hydrogen) atoms. The number of anilines is 1. The van der Waals surface area contributed by atoms with Crippen LogP contribution in [0.15, 0.2) is 30.7 Å². The molecular formula is C21H25ClN6O3. The maximum absolute atomic E-state index is 13.0. The zero-order chi connectivity index (χ0) is 21.8. The molecule has 4 heterocycles. The summed E-state index contributed by atoms with van der Waals surface area (Å²) in [6, 6.07) is 3.22. The van der Waals surface area contributed by atoms with Gasteiger partial charge in [0, 0.05) is 38.2 Å². The molecular weight excluding hydrogens is 420 g/mol. The first-order chi connectivity index (χ1) is 15.1. The summed E-state index contributed by atoms with van der Waals surface area (Å²) in [7, 11) is 0. The fraction of sp³-hybridized carbons (Fsp3) is 0.476. The second kappa shape index (κ2) is 9.57. The highest BCUT2D eigenvalue weighted by Gasteiger charge is 2.44. The van der Waals surface area contributed by atoms with Crippen LogP contribution in [0.1, 0.15) is 48.6 Å². The van der Waals surface area contributed by atoms with Crippen molar-refractivity contribution in [1.29, 1.82) is 0 Å². The number of halogens is 1. The SMILES string of the molecule is CCN(CCN1CCCCC1)C(=O)OC1c2nccnc2C(=O)N1c1ccc(Cl)cn1. The van der Waals surface area contributed by atoms with Crippen molar-refractivity contribution in [3.8, 4) is 0 Å². The minimum absolute atomic E-state index is 0.147. The van der Waals surface area contributed by atoms with Crippen molar-refractivity contribution in [2.24, 2.45) is 0 Å². The summed E-state index contributed by atoms with van der Waals surface area (Å²) < 4.78 is 5.80. The largest absolute Gasteiger partial charge is 0.419 e. The highest BCUT2D eigenvalue weighted by atomic mass is 35.5. The maximum Gasteiger partial charge on any atom is 0.412 e. The number of rotatable bonds is 6. The molecule has 0 aliphatic carbocycles. The molecule has 2 amide bonds. The number of ether oxygens (including phenoxy) is 1. The van der Waals surface area contributed by atoms with Crippen LogP contribution in [0.5, 0.6) is 0 Å². The van der Waals surface area contributed by atoms with Gasteiger partial charge in [-0.2, -0.15) is 0 Å². The smallest absolute Gasteiger partial charge is 0.412 e. The molecule has 1 atom stereocenters. The van der Waals surface area contributed by atoms with E-state index in [9.17, 15) is 9.59 Å². The molecule has 2 aromatic heterocycles. The zero-order valence-electron chi connectivity index (χ0n) is 17.4. The van der Waals surface area contributed by atoms with Crippen LogP contribution >= 0.6 is 11.6 Å². The summed E-state index contributed by atoms with van der Waals surface area (Å²) in [4.78, 5) is 43.9. The molecule has 1 saturated heterocycles. The fourth-order valence-electron chi connectivity index (χ4n) is 3.87. The van der Waals surface area contributed by atoms with Crippen molar-refractivity contribution in [3.63, 3.8) is 0 Å². The van der Waals surface area contributed by atoms with E-state index in [1.54, 1.807) is 17.0 Å². The van der Waals surface area contributed by atoms with E-state index >= 15 is 0 Å². The van der Waals surface area contributed by atoms with Gasteiger partial charge >= 0.3 is 6.09 Å². The van der Waals surface area contributed by atoms with Crippen LogP contribution in [0, 0.1) is 0 Å². The second-order valence-electron chi connectivity index (χ2n) is 7.52. The minimum atomic E-state index is -1.04. The minimum Gasteiger partial charge on any atom is -0.419 e. The molecule has 164 valence electrons. The summed E-state index contributed by atoms with van der Waals surface area (Å²) >= 11 is 5.94. The van der Waals surface area contributed by atoms with Gasteiger partial charge in [-0.3, -0.25) is 9.78 Å². The molecule has 0 saturated carbocycles. The summed E-state index contributed by atoms with van der Waals surface area (Å²) in [6.07, 6.45) is 6.45. The van der Waals surface area contributed by atoms with Crippen molar-refractivity contribution >= 4 is 29.4 Å². The van der Waals surface area contributed by atoms with E-state index in [1.165, 1.54) is 42.8 Å². The van der Waals surface area contributed by atoms with Crippen LogP contribution < -0.4 is 4.90 Å². The molecule has 0 N–H and O–H groups in total. The normalized spacial score (nSPS) is 18.7. The monoisotopic (exact) mass is 444 g/mol. The number of likely N-dealkylation sites (N-methyl/N-ethyl adjacent to an activating group) is 1. The number of likely N-dealkylation sites (tertiary alicyclic amines) is 1. The Morgan fingerprint density at radius 1 is 1.19 bits per heavy atom. The van der Waals surface area contributed by atoms with Crippen LogP contribution in [-0.4, -0.2) is 69.5 Å². The molecule has 2 aliphatic rings. The van der Waals surface area contributed by atoms with Crippen LogP contribution in [-0.2, 0) is 4.74 Å². The lowest BCUT2D eigenvalue weighted by molar-refractivity contribution is 0.0572. The highest BCUT2D eigenvalue weighted by Crippen LogP contribution is 2.35. The fourth-order valence-corrected chi connectivity index (χ4v) is 3.99. The molecule has 1 fully saturated rings. The standard InChI is InChI=1S/C21H25ClN6O3/c1-2-27(13-12-26-10-4-3-5-11-26)21(30)31-20-18-17(23-8-9-24-18)19(29)28(20)16-7-6-15(22)14-25-16/h6-9,14,20H,2-5,10-13H2,1H3. The van der Waals surface area contributed by atoms with E-state index in [0.717, 1.165) is 19.6 Å². The van der Waals surface area contributed by atoms with E-state index < -0.39 is 18.2 Å². The predicted molar refractivity (Wildman–Crippen MR) is 115 cm³/mol. The van der Waals surface area contributed by atoms with Crippen molar-refractivity contribution < 1.29 is 14.3 Å². The molecule has 1 unspecified atom stereocenters. The molecule has 0 aromatic carbocycles. The first-order valence-electron chi connectivity index (χ1n) is 10.5. The molecule has 0 bridgehead atoms. The number of carbonyl (C=O) groups excluding carboxylic acids is 2. The Hall–Kier alpha value is -2.78. The molecule has 10 heteroatoms. The average Bonchev–Trinajstić information content (AvgIpc) is 3.07. The predicted octanol–water partition coefficient (Wildman–Crippen LogP) is 3.13. The van der Waals surface area contributed by atoms with Crippen molar-refractivity contribution in [2.45, 2.75) is 32.4 Å². The molecule has 0 spiro atoms. The Kier molecular flexibility index (Phi) is 6.62. The van der Waals surface area contributed by atoms with Crippen LogP contribution in [0.3, 0.4) is 0 Å². The quantitative estimate of drug-likeness (QED) is 0.675. The topological polar surface area (TPSA) is 91.8 Å². The number of nitrogens with zero attached hydrogens (tertiary/aromatic N) is 6. The van der Waals surface area contributed by atoms with Gasteiger partial charge in [0.25, 0.3) is 5.91 Å². The van der Waals surface area contributed by atoms with Crippen LogP contribution in [0.2, 0.25) is 5.02 Å². The van der Waals surface area contributed by atoms with Gasteiger partial charge in [0.05, 0.1) is 5.02 Å². The van der Waals surface area contributed by atoms with E-state index in [-0.39, 0.29) is 5.69 Å². The number of hydrogen-bond acceptors (Lipinski definition) is 7. The van der Waals surface area contributed by atoms with Gasteiger partial charge in [-0.1, -0.05) is 18.0 Å². The van der Waals surface area contributed by atoms with Crippen molar-refractivity contribution in [3.05, 3.63) is 47.1 Å². The number of piperidine rings is 1. The lowest BCUT2D eigenvalue weighted by atomic mass is 10.1. The number of aromatic nitrogens is 3. The number of pyridine rings is 1. The summed E-state index contributed by atoms with van der Waals surface area (Å²) in [5, 5.41) is 0.438. The highest BCUT2D eigenvalue weighted by molar-refractivity contribution is 6.30. The Bertz CT molecular complexity index is 935. The Balaban J connectivity index is 1.52. The van der Waals surface area contributed by atoms with Gasteiger partial charge in [0.2, 0.25) is 6.23 Å². The second-order valence-corrected chi connectivity index (χ2v) is 7.95. The van der Waals surface area contributed by atoms with E-state index in [0.29, 0.717) is 29.6 Å². The molecule has 4 rings (SSSR count). The first-order valence-corrected chi connectivity index (χ1v) is 10.9. The van der Waals surface area contributed by atoms with Crippen molar-refractivity contribution in [1.82, 2.24) is 24.8 Å². The molecule has 2 aromatic rings. The molecule has 0 radical (unpaired) electrons. The third kappa shape index (κ3) is 4.62. The number of hydrogen-bond donors (Lipinski definition) is 0. The van der Waals surface area contributed by atoms with Gasteiger partial charge in [-0.05, 0) is 45.0 Å². The third-order valence-corrected chi connectivity index (χ3v) is 5.79. The molecule has 9 nitrogen and oxygen atoms in total. The summed E-state index contributed by atoms with van der Waals surface area (Å²) in [6.45, 7) is 5.88. The van der Waals surface area contributed by atoms with Gasteiger partial charge in [0.15, 0.2) is 5.69 Å². The van der Waals surface area contributed by atoms with Crippen LogP contribution in [0.25, 0.3) is 0 Å². The van der Waals surface area contributed by atoms with E-state index in [2.05, 4.69) is 19.9 Å².